The zero-order valence-corrected chi connectivity index (χ0v) is 21.6. The molecule has 0 bridgehead atoms. The second kappa shape index (κ2) is 13.7. The highest BCUT2D eigenvalue weighted by atomic mass is 127. The fourth-order valence-corrected chi connectivity index (χ4v) is 4.52. The lowest BCUT2D eigenvalue weighted by Crippen LogP contribution is -2.46. The number of halogens is 1. The summed E-state index contributed by atoms with van der Waals surface area (Å²) in [6.07, 6.45) is 4.67. The molecule has 0 radical (unpaired) electrons. The van der Waals surface area contributed by atoms with E-state index in [9.17, 15) is 4.79 Å². The van der Waals surface area contributed by atoms with Gasteiger partial charge in [0.25, 0.3) is 0 Å². The Morgan fingerprint density at radius 2 is 1.97 bits per heavy atom. The van der Waals surface area contributed by atoms with Crippen LogP contribution in [0.1, 0.15) is 42.5 Å². The predicted molar refractivity (Wildman–Crippen MR) is 139 cm³/mol. The molecule has 2 aromatic rings. The first-order valence-corrected chi connectivity index (χ1v) is 11.8. The smallest absolute Gasteiger partial charge is 0.220 e. The number of aryl methyl sites for hydroxylation is 2. The molecule has 8 heteroatoms. The summed E-state index contributed by atoms with van der Waals surface area (Å²) < 4.78 is 0. The number of guanidine groups is 1. The zero-order chi connectivity index (χ0) is 21.2. The Morgan fingerprint density at radius 3 is 2.65 bits per heavy atom. The molecule has 1 aliphatic heterocycles. The van der Waals surface area contributed by atoms with Crippen LogP contribution in [-0.4, -0.2) is 48.4 Å². The minimum Gasteiger partial charge on any atom is -0.359 e. The molecule has 0 aliphatic carbocycles. The summed E-state index contributed by atoms with van der Waals surface area (Å²) in [5.41, 5.74) is 2.38. The SMILES string of the molecule is CCNC(=NCc1csc(CCc2ccccc2)n1)N1CCC(CC(=O)NC)CC1.I. The molecule has 1 aromatic carbocycles. The first-order chi connectivity index (χ1) is 14.7. The van der Waals surface area contributed by atoms with Gasteiger partial charge in [0.05, 0.1) is 17.2 Å². The molecule has 0 spiro atoms. The average molecular weight is 556 g/mol. The molecule has 0 saturated carbocycles. The van der Waals surface area contributed by atoms with Crippen molar-refractivity contribution in [1.82, 2.24) is 20.5 Å². The summed E-state index contributed by atoms with van der Waals surface area (Å²) in [6, 6.07) is 10.6. The summed E-state index contributed by atoms with van der Waals surface area (Å²) in [5, 5.41) is 9.44. The summed E-state index contributed by atoms with van der Waals surface area (Å²) >= 11 is 1.73. The van der Waals surface area contributed by atoms with Crippen LogP contribution in [0.3, 0.4) is 0 Å². The third-order valence-electron chi connectivity index (χ3n) is 5.46. The van der Waals surface area contributed by atoms with Gasteiger partial charge in [0, 0.05) is 44.9 Å². The number of benzene rings is 1. The van der Waals surface area contributed by atoms with Gasteiger partial charge in [-0.05, 0) is 37.7 Å². The highest BCUT2D eigenvalue weighted by molar-refractivity contribution is 14.0. The van der Waals surface area contributed by atoms with E-state index in [-0.39, 0.29) is 29.9 Å². The molecule has 1 amide bonds. The van der Waals surface area contributed by atoms with E-state index in [2.05, 4.69) is 58.2 Å². The highest BCUT2D eigenvalue weighted by Gasteiger charge is 2.23. The second-order valence-corrected chi connectivity index (χ2v) is 8.64. The lowest BCUT2D eigenvalue weighted by Gasteiger charge is -2.34. The first kappa shape index (κ1) is 25.6. The molecule has 170 valence electrons. The predicted octanol–water partition coefficient (Wildman–Crippen LogP) is 3.86. The summed E-state index contributed by atoms with van der Waals surface area (Å²) in [5.74, 6) is 1.56. The molecule has 31 heavy (non-hydrogen) atoms. The van der Waals surface area contributed by atoms with Crippen LogP contribution in [0.15, 0.2) is 40.7 Å². The maximum Gasteiger partial charge on any atom is 0.220 e. The van der Waals surface area contributed by atoms with Gasteiger partial charge in [-0.2, -0.15) is 0 Å². The van der Waals surface area contributed by atoms with Crippen LogP contribution in [0.4, 0.5) is 0 Å². The maximum atomic E-state index is 11.6. The fourth-order valence-electron chi connectivity index (χ4n) is 3.73. The van der Waals surface area contributed by atoms with Crippen LogP contribution in [-0.2, 0) is 24.2 Å². The third kappa shape index (κ3) is 8.40. The standard InChI is InChI=1S/C23H33N5OS.HI/c1-3-25-23(28-13-11-19(12-14-28)15-21(29)24-2)26-16-20-17-30-22(27-20)10-9-18-7-5-4-6-8-18;/h4-8,17,19H,3,9-16H2,1-2H3,(H,24,29)(H,25,26);1H. The van der Waals surface area contributed by atoms with Crippen molar-refractivity contribution in [2.24, 2.45) is 10.9 Å². The summed E-state index contributed by atoms with van der Waals surface area (Å²) in [4.78, 5) is 23.5. The van der Waals surface area contributed by atoms with Crippen LogP contribution in [0, 0.1) is 5.92 Å². The number of aromatic nitrogens is 1. The molecule has 1 fully saturated rings. The Balaban J connectivity index is 0.00000341. The molecule has 3 rings (SSSR count). The van der Waals surface area contributed by atoms with Gasteiger partial charge < -0.3 is 15.5 Å². The highest BCUT2D eigenvalue weighted by Crippen LogP contribution is 2.21. The molecular weight excluding hydrogens is 521 g/mol. The number of hydrogen-bond acceptors (Lipinski definition) is 4. The van der Waals surface area contributed by atoms with Gasteiger partial charge in [-0.25, -0.2) is 9.98 Å². The van der Waals surface area contributed by atoms with Crippen LogP contribution >= 0.6 is 35.3 Å². The van der Waals surface area contributed by atoms with Crippen molar-refractivity contribution >= 4 is 47.2 Å². The molecule has 1 aromatic heterocycles. The van der Waals surface area contributed by atoms with E-state index in [0.29, 0.717) is 18.9 Å². The Hall–Kier alpha value is -1.68. The van der Waals surface area contributed by atoms with Crippen molar-refractivity contribution in [3.8, 4) is 0 Å². The number of carbonyl (C=O) groups excluding carboxylic acids is 1. The molecule has 1 aliphatic rings. The minimum atomic E-state index is 0. The van der Waals surface area contributed by atoms with E-state index in [4.69, 9.17) is 9.98 Å². The monoisotopic (exact) mass is 555 g/mol. The van der Waals surface area contributed by atoms with E-state index in [1.807, 2.05) is 0 Å². The van der Waals surface area contributed by atoms with Gasteiger partial charge >= 0.3 is 0 Å². The Kier molecular flexibility index (Phi) is 11.3. The quantitative estimate of drug-likeness (QED) is 0.295. The van der Waals surface area contributed by atoms with Gasteiger partial charge in [-0.1, -0.05) is 30.3 Å². The number of hydrogen-bond donors (Lipinski definition) is 2. The number of aliphatic imine (C=N–C) groups is 1. The van der Waals surface area contributed by atoms with E-state index < -0.39 is 0 Å². The number of piperidine rings is 1. The topological polar surface area (TPSA) is 69.6 Å². The lowest BCUT2D eigenvalue weighted by molar-refractivity contribution is -0.121. The molecule has 1 saturated heterocycles. The number of nitrogens with one attached hydrogen (secondary N) is 2. The normalized spacial score (nSPS) is 14.8. The fraction of sp³-hybridized carbons (Fsp3) is 0.522. The van der Waals surface area contributed by atoms with Gasteiger partial charge in [0.1, 0.15) is 0 Å². The number of rotatable bonds is 8. The van der Waals surface area contributed by atoms with Gasteiger partial charge in [-0.15, -0.1) is 35.3 Å². The Bertz CT molecular complexity index is 818. The maximum absolute atomic E-state index is 11.6. The largest absolute Gasteiger partial charge is 0.359 e. The van der Waals surface area contributed by atoms with Crippen molar-refractivity contribution in [2.75, 3.05) is 26.7 Å². The van der Waals surface area contributed by atoms with Crippen LogP contribution < -0.4 is 10.6 Å². The van der Waals surface area contributed by atoms with E-state index in [1.165, 1.54) is 10.6 Å². The first-order valence-electron chi connectivity index (χ1n) is 10.9. The summed E-state index contributed by atoms with van der Waals surface area (Å²) in [6.45, 7) is 5.41. The van der Waals surface area contributed by atoms with Crippen molar-refractivity contribution in [3.63, 3.8) is 0 Å². The van der Waals surface area contributed by atoms with Crippen molar-refractivity contribution in [3.05, 3.63) is 52.0 Å². The Labute approximate surface area is 207 Å². The number of carbonyl (C=O) groups is 1. The third-order valence-corrected chi connectivity index (χ3v) is 6.42. The molecule has 0 atom stereocenters. The van der Waals surface area contributed by atoms with Crippen LogP contribution in [0.25, 0.3) is 0 Å². The van der Waals surface area contributed by atoms with Crippen molar-refractivity contribution in [1.29, 1.82) is 0 Å². The van der Waals surface area contributed by atoms with Gasteiger partial charge in [0.2, 0.25) is 5.91 Å². The number of nitrogens with zero attached hydrogens (tertiary/aromatic N) is 3. The lowest BCUT2D eigenvalue weighted by atomic mass is 9.93. The number of thiazole rings is 1. The summed E-state index contributed by atoms with van der Waals surface area (Å²) in [7, 11) is 1.71. The molecular formula is C23H34IN5OS. The van der Waals surface area contributed by atoms with Crippen LogP contribution in [0.5, 0.6) is 0 Å². The molecule has 6 nitrogen and oxygen atoms in total. The van der Waals surface area contributed by atoms with Crippen molar-refractivity contribution < 1.29 is 4.79 Å². The average Bonchev–Trinajstić information content (AvgIpc) is 3.24. The van der Waals surface area contributed by atoms with E-state index in [0.717, 1.165) is 57.0 Å². The Morgan fingerprint density at radius 1 is 1.23 bits per heavy atom. The molecule has 0 unspecified atom stereocenters. The van der Waals surface area contributed by atoms with Crippen LogP contribution in [0.2, 0.25) is 0 Å². The molecule has 2 heterocycles. The zero-order valence-electron chi connectivity index (χ0n) is 18.5. The van der Waals surface area contributed by atoms with E-state index >= 15 is 0 Å². The van der Waals surface area contributed by atoms with Crippen molar-refractivity contribution in [2.45, 2.75) is 45.6 Å². The van der Waals surface area contributed by atoms with Gasteiger partial charge in [0.15, 0.2) is 5.96 Å². The minimum absolute atomic E-state index is 0. The second-order valence-electron chi connectivity index (χ2n) is 7.70. The number of likely N-dealkylation sites (tertiary alicyclic amines) is 1. The molecule has 2 N–H and O–H groups in total. The number of amides is 1. The van der Waals surface area contributed by atoms with Gasteiger partial charge in [-0.3, -0.25) is 4.79 Å². The van der Waals surface area contributed by atoms with E-state index in [1.54, 1.807) is 18.4 Å².